The van der Waals surface area contributed by atoms with Crippen LogP contribution in [0.25, 0.3) is 5.52 Å². The van der Waals surface area contributed by atoms with Crippen molar-refractivity contribution in [1.82, 2.24) is 9.38 Å². The second kappa shape index (κ2) is 4.97. The molecule has 0 saturated carbocycles. The fraction of sp³-hybridized carbons (Fsp3) is 0.250. The number of hydrogen-bond donors (Lipinski definition) is 2. The summed E-state index contributed by atoms with van der Waals surface area (Å²) in [5.41, 5.74) is 0.190. The second-order valence-electron chi connectivity index (χ2n) is 3.87. The predicted molar refractivity (Wildman–Crippen MR) is 64.7 cm³/mol. The minimum Gasteiger partial charge on any atom is -0.494 e. The number of carboxylic acid groups (broad SMARTS) is 2. The van der Waals surface area contributed by atoms with Crippen LogP contribution in [-0.4, -0.2) is 38.6 Å². The summed E-state index contributed by atoms with van der Waals surface area (Å²) >= 11 is 0. The number of ether oxygens (including phenoxy) is 1. The molecule has 0 unspecified atom stereocenters. The van der Waals surface area contributed by atoms with Crippen LogP contribution in [0.3, 0.4) is 0 Å². The third-order valence-electron chi connectivity index (χ3n) is 2.69. The van der Waals surface area contributed by atoms with Crippen LogP contribution in [0, 0.1) is 0 Å². The summed E-state index contributed by atoms with van der Waals surface area (Å²) in [5.74, 6) is -1.37. The molecule has 0 saturated heterocycles. The topological polar surface area (TPSA) is 101 Å². The van der Waals surface area contributed by atoms with E-state index in [2.05, 4.69) is 4.98 Å². The lowest BCUT2D eigenvalue weighted by molar-refractivity contribution is -0.137. The molecule has 7 nitrogen and oxygen atoms in total. The van der Waals surface area contributed by atoms with Crippen molar-refractivity contribution in [3.63, 3.8) is 0 Å². The Morgan fingerprint density at radius 2 is 2.16 bits per heavy atom. The van der Waals surface area contributed by atoms with E-state index in [1.54, 1.807) is 22.7 Å². The number of pyridine rings is 1. The van der Waals surface area contributed by atoms with Crippen molar-refractivity contribution in [2.45, 2.75) is 12.8 Å². The Morgan fingerprint density at radius 1 is 1.42 bits per heavy atom. The van der Waals surface area contributed by atoms with Crippen molar-refractivity contribution in [3.8, 4) is 5.75 Å². The Bertz CT molecular complexity index is 647. The quantitative estimate of drug-likeness (QED) is 0.837. The van der Waals surface area contributed by atoms with Crippen LogP contribution in [0.15, 0.2) is 18.3 Å². The summed E-state index contributed by atoms with van der Waals surface area (Å²) in [5, 5.41) is 17.8. The molecule has 100 valence electrons. The van der Waals surface area contributed by atoms with Gasteiger partial charge in [-0.3, -0.25) is 9.20 Å². The van der Waals surface area contributed by atoms with Crippen LogP contribution in [0.1, 0.15) is 22.7 Å². The molecule has 0 bridgehead atoms. The van der Waals surface area contributed by atoms with Gasteiger partial charge < -0.3 is 14.9 Å². The van der Waals surface area contributed by atoms with Gasteiger partial charge in [0.15, 0.2) is 5.69 Å². The second-order valence-corrected chi connectivity index (χ2v) is 3.87. The molecule has 2 N–H and O–H groups in total. The molecule has 0 fully saturated rings. The zero-order valence-corrected chi connectivity index (χ0v) is 10.2. The molecule has 0 radical (unpaired) electrons. The third-order valence-corrected chi connectivity index (χ3v) is 2.69. The summed E-state index contributed by atoms with van der Waals surface area (Å²) in [6, 6.07) is 3.31. The van der Waals surface area contributed by atoms with Crippen LogP contribution in [-0.2, 0) is 11.2 Å². The van der Waals surface area contributed by atoms with Crippen molar-refractivity contribution in [2.75, 3.05) is 7.11 Å². The van der Waals surface area contributed by atoms with E-state index in [4.69, 9.17) is 14.9 Å². The normalized spacial score (nSPS) is 10.6. The van der Waals surface area contributed by atoms with Gasteiger partial charge in [-0.1, -0.05) is 0 Å². The molecular formula is C12H12N2O5. The van der Waals surface area contributed by atoms with Crippen molar-refractivity contribution < 1.29 is 24.5 Å². The zero-order valence-electron chi connectivity index (χ0n) is 10.2. The summed E-state index contributed by atoms with van der Waals surface area (Å²) in [7, 11) is 1.44. The molecule has 2 heterocycles. The predicted octanol–water partition coefficient (Wildman–Crippen LogP) is 1.06. The Kier molecular flexibility index (Phi) is 3.37. The number of aromatic carboxylic acids is 1. The summed E-state index contributed by atoms with van der Waals surface area (Å²) < 4.78 is 6.66. The molecule has 2 aromatic rings. The SMILES string of the molecule is COc1cccn2c(CCC(=O)O)nc(C(=O)O)c12. The van der Waals surface area contributed by atoms with Gasteiger partial charge in [-0.15, -0.1) is 0 Å². The van der Waals surface area contributed by atoms with Crippen LogP contribution < -0.4 is 4.74 Å². The number of hydrogen-bond acceptors (Lipinski definition) is 4. The molecule has 0 aliphatic rings. The molecule has 7 heteroatoms. The Hall–Kier alpha value is -2.57. The molecule has 0 atom stereocenters. The first-order chi connectivity index (χ1) is 9.04. The molecule has 2 rings (SSSR count). The number of methoxy groups -OCH3 is 1. The van der Waals surface area contributed by atoms with Crippen LogP contribution >= 0.6 is 0 Å². The maximum Gasteiger partial charge on any atom is 0.356 e. The first-order valence-electron chi connectivity index (χ1n) is 5.53. The first kappa shape index (κ1) is 12.9. The number of rotatable bonds is 5. The van der Waals surface area contributed by atoms with E-state index in [1.807, 2.05) is 0 Å². The number of fused-ring (bicyclic) bond motifs is 1. The van der Waals surface area contributed by atoms with Crippen molar-refractivity contribution in [2.24, 2.45) is 0 Å². The van der Waals surface area contributed by atoms with Gasteiger partial charge in [0, 0.05) is 12.6 Å². The van der Waals surface area contributed by atoms with E-state index in [0.29, 0.717) is 17.1 Å². The third kappa shape index (κ3) is 2.35. The van der Waals surface area contributed by atoms with Crippen molar-refractivity contribution >= 4 is 17.5 Å². The highest BCUT2D eigenvalue weighted by atomic mass is 16.5. The Labute approximate surface area is 108 Å². The highest BCUT2D eigenvalue weighted by molar-refractivity contribution is 5.95. The molecule has 0 aliphatic carbocycles. The first-order valence-corrected chi connectivity index (χ1v) is 5.53. The van der Waals surface area contributed by atoms with Crippen molar-refractivity contribution in [3.05, 3.63) is 29.8 Å². The lowest BCUT2D eigenvalue weighted by atomic mass is 10.3. The number of carboxylic acids is 2. The van der Waals surface area contributed by atoms with Gasteiger partial charge in [-0.2, -0.15) is 0 Å². The van der Waals surface area contributed by atoms with Crippen LogP contribution in [0.5, 0.6) is 5.75 Å². The highest BCUT2D eigenvalue weighted by Crippen LogP contribution is 2.24. The van der Waals surface area contributed by atoms with Gasteiger partial charge in [0.25, 0.3) is 0 Å². The number of nitrogens with zero attached hydrogens (tertiary/aromatic N) is 2. The van der Waals surface area contributed by atoms with Gasteiger partial charge >= 0.3 is 11.9 Å². The number of aryl methyl sites for hydroxylation is 1. The highest BCUT2D eigenvalue weighted by Gasteiger charge is 2.20. The van der Waals surface area contributed by atoms with E-state index in [-0.39, 0.29) is 18.5 Å². The minimum atomic E-state index is -1.18. The average molecular weight is 264 g/mol. The van der Waals surface area contributed by atoms with Crippen molar-refractivity contribution in [1.29, 1.82) is 0 Å². The van der Waals surface area contributed by atoms with Gasteiger partial charge in [-0.05, 0) is 12.1 Å². The van der Waals surface area contributed by atoms with E-state index in [1.165, 1.54) is 7.11 Å². The molecule has 0 aliphatic heterocycles. The summed E-state index contributed by atoms with van der Waals surface area (Å²) in [6.45, 7) is 0. The fourth-order valence-corrected chi connectivity index (χ4v) is 1.88. The van der Waals surface area contributed by atoms with Gasteiger partial charge in [0.05, 0.1) is 13.5 Å². The molecule has 19 heavy (non-hydrogen) atoms. The minimum absolute atomic E-state index is 0.116. The number of imidazole rings is 1. The summed E-state index contributed by atoms with van der Waals surface area (Å²) in [4.78, 5) is 25.8. The lowest BCUT2D eigenvalue weighted by Crippen LogP contribution is -2.01. The molecule has 0 amide bonds. The van der Waals surface area contributed by atoms with Gasteiger partial charge in [-0.25, -0.2) is 9.78 Å². The van der Waals surface area contributed by atoms with Gasteiger partial charge in [0.1, 0.15) is 17.1 Å². The summed E-state index contributed by atoms with van der Waals surface area (Å²) in [6.07, 6.45) is 1.67. The Balaban J connectivity index is 2.60. The van der Waals surface area contributed by atoms with Crippen LogP contribution in [0.4, 0.5) is 0 Å². The number of aromatic nitrogens is 2. The largest absolute Gasteiger partial charge is 0.494 e. The van der Waals surface area contributed by atoms with E-state index in [9.17, 15) is 9.59 Å². The monoisotopic (exact) mass is 264 g/mol. The number of carbonyl (C=O) groups is 2. The maximum atomic E-state index is 11.2. The molecule has 0 spiro atoms. The molecule has 0 aromatic carbocycles. The fourth-order valence-electron chi connectivity index (χ4n) is 1.88. The van der Waals surface area contributed by atoms with E-state index < -0.39 is 11.9 Å². The van der Waals surface area contributed by atoms with E-state index >= 15 is 0 Å². The van der Waals surface area contributed by atoms with Crippen LogP contribution in [0.2, 0.25) is 0 Å². The number of aliphatic carboxylic acids is 1. The smallest absolute Gasteiger partial charge is 0.356 e. The molecule has 2 aromatic heterocycles. The zero-order chi connectivity index (χ0) is 14.0. The Morgan fingerprint density at radius 3 is 2.74 bits per heavy atom. The standard InChI is InChI=1S/C12H12N2O5/c1-19-7-3-2-6-14-8(4-5-9(15)16)13-10(11(7)14)12(17)18/h2-3,6H,4-5H2,1H3,(H,15,16)(H,17,18). The van der Waals surface area contributed by atoms with E-state index in [0.717, 1.165) is 0 Å². The van der Waals surface area contributed by atoms with Gasteiger partial charge in [0.2, 0.25) is 0 Å². The lowest BCUT2D eigenvalue weighted by Gasteiger charge is -2.04. The maximum absolute atomic E-state index is 11.2. The molecular weight excluding hydrogens is 252 g/mol. The average Bonchev–Trinajstić information content (AvgIpc) is 2.75.